The molecule has 0 aliphatic carbocycles. The summed E-state index contributed by atoms with van der Waals surface area (Å²) in [6.07, 6.45) is 0.637. The van der Waals surface area contributed by atoms with Crippen LogP contribution < -0.4 is 10.9 Å². The lowest BCUT2D eigenvalue weighted by Gasteiger charge is -2.10. The Bertz CT molecular complexity index is 1190. The smallest absolute Gasteiger partial charge is 0.359 e. The summed E-state index contributed by atoms with van der Waals surface area (Å²) in [5.74, 6) is -1.63. The van der Waals surface area contributed by atoms with E-state index in [0.717, 1.165) is 0 Å². The Morgan fingerprint density at radius 3 is 2.50 bits per heavy atom. The summed E-state index contributed by atoms with van der Waals surface area (Å²) in [6, 6.07) is 12.1. The number of carbonyl (C=O) groups excluding carboxylic acids is 2. The molecule has 0 fully saturated rings. The minimum Gasteiger partial charge on any atom is -0.451 e. The lowest BCUT2D eigenvalue weighted by molar-refractivity contribution is -0.383. The highest BCUT2D eigenvalue weighted by Crippen LogP contribution is 2.23. The van der Waals surface area contributed by atoms with Gasteiger partial charge in [-0.15, -0.1) is 0 Å². The van der Waals surface area contributed by atoms with Crippen LogP contribution in [-0.2, 0) is 16.1 Å². The number of nitro benzene ring substituents is 1. The fourth-order valence-electron chi connectivity index (χ4n) is 2.87. The molecule has 0 spiro atoms. The average molecular weight is 410 g/mol. The number of aryl methyl sites for hydroxylation is 1. The monoisotopic (exact) mass is 410 g/mol. The Morgan fingerprint density at radius 2 is 1.80 bits per heavy atom. The molecule has 30 heavy (non-hydrogen) atoms. The Balaban J connectivity index is 1.79. The Hall–Kier alpha value is -4.08. The molecule has 0 atom stereocenters. The van der Waals surface area contributed by atoms with Crippen LogP contribution >= 0.6 is 0 Å². The Kier molecular flexibility index (Phi) is 6.16. The van der Waals surface area contributed by atoms with Crippen LogP contribution in [0.3, 0.4) is 0 Å². The maximum Gasteiger partial charge on any atom is 0.359 e. The molecule has 0 saturated heterocycles. The van der Waals surface area contributed by atoms with E-state index in [1.54, 1.807) is 24.3 Å². The van der Waals surface area contributed by atoms with Crippen molar-refractivity contribution < 1.29 is 19.2 Å². The Morgan fingerprint density at radius 1 is 1.13 bits per heavy atom. The number of esters is 1. The molecule has 0 saturated carbocycles. The number of amides is 1. The predicted octanol–water partition coefficient (Wildman–Crippen LogP) is 2.51. The van der Waals surface area contributed by atoms with Gasteiger partial charge >= 0.3 is 5.97 Å². The molecule has 10 heteroatoms. The van der Waals surface area contributed by atoms with Crippen LogP contribution in [0, 0.1) is 10.1 Å². The summed E-state index contributed by atoms with van der Waals surface area (Å²) >= 11 is 0. The maximum absolute atomic E-state index is 12.6. The molecule has 3 rings (SSSR count). The minimum atomic E-state index is -0.881. The van der Waals surface area contributed by atoms with Crippen molar-refractivity contribution in [1.29, 1.82) is 0 Å². The van der Waals surface area contributed by atoms with Gasteiger partial charge in [-0.25, -0.2) is 9.48 Å². The standard InChI is InChI=1S/C20H18N4O6/c1-2-11-23-19(26)14-8-4-3-7-13(14)18(22-23)20(27)30-12-17(25)21-15-9-5-6-10-16(15)24(28)29/h3-10H,2,11-12H2,1H3,(H,21,25). The highest BCUT2D eigenvalue weighted by atomic mass is 16.6. The molecule has 0 bridgehead atoms. The summed E-state index contributed by atoms with van der Waals surface area (Å²) in [5, 5.41) is 18.1. The van der Waals surface area contributed by atoms with E-state index >= 15 is 0 Å². The topological polar surface area (TPSA) is 133 Å². The van der Waals surface area contributed by atoms with E-state index in [0.29, 0.717) is 23.7 Å². The number of rotatable bonds is 7. The largest absolute Gasteiger partial charge is 0.451 e. The molecule has 1 aromatic heterocycles. The first-order valence-corrected chi connectivity index (χ1v) is 9.12. The van der Waals surface area contributed by atoms with Crippen molar-refractivity contribution >= 4 is 34.0 Å². The van der Waals surface area contributed by atoms with Gasteiger partial charge in [-0.3, -0.25) is 19.7 Å². The van der Waals surface area contributed by atoms with Gasteiger partial charge in [0.2, 0.25) is 0 Å². The molecule has 0 aliphatic rings. The van der Waals surface area contributed by atoms with Crippen molar-refractivity contribution in [2.75, 3.05) is 11.9 Å². The number of ether oxygens (including phenoxy) is 1. The fourth-order valence-corrected chi connectivity index (χ4v) is 2.87. The molecule has 1 N–H and O–H groups in total. The second kappa shape index (κ2) is 8.95. The highest BCUT2D eigenvalue weighted by Gasteiger charge is 2.20. The number of carbonyl (C=O) groups is 2. The molecule has 1 amide bonds. The van der Waals surface area contributed by atoms with E-state index in [-0.39, 0.29) is 22.6 Å². The lowest BCUT2D eigenvalue weighted by atomic mass is 10.1. The van der Waals surface area contributed by atoms with Gasteiger partial charge in [-0.1, -0.05) is 37.3 Å². The van der Waals surface area contributed by atoms with Crippen LogP contribution in [0.4, 0.5) is 11.4 Å². The predicted molar refractivity (Wildman–Crippen MR) is 108 cm³/mol. The van der Waals surface area contributed by atoms with E-state index in [1.165, 1.54) is 28.9 Å². The molecule has 3 aromatic rings. The molecular weight excluding hydrogens is 392 g/mol. The van der Waals surface area contributed by atoms with Gasteiger partial charge in [0.25, 0.3) is 17.2 Å². The first-order valence-electron chi connectivity index (χ1n) is 9.12. The molecular formula is C20H18N4O6. The van der Waals surface area contributed by atoms with E-state index in [4.69, 9.17) is 4.74 Å². The van der Waals surface area contributed by atoms with Crippen molar-refractivity contribution in [3.05, 3.63) is 74.7 Å². The van der Waals surface area contributed by atoms with Crippen molar-refractivity contribution in [2.45, 2.75) is 19.9 Å². The number of aromatic nitrogens is 2. The second-order valence-corrected chi connectivity index (χ2v) is 6.32. The van der Waals surface area contributed by atoms with Gasteiger partial charge in [-0.05, 0) is 18.6 Å². The summed E-state index contributed by atoms with van der Waals surface area (Å²) in [4.78, 5) is 47.6. The third-order valence-electron chi connectivity index (χ3n) is 4.21. The van der Waals surface area contributed by atoms with Crippen molar-refractivity contribution in [1.82, 2.24) is 9.78 Å². The van der Waals surface area contributed by atoms with Gasteiger partial charge in [0.1, 0.15) is 5.69 Å². The van der Waals surface area contributed by atoms with Crippen molar-refractivity contribution in [3.8, 4) is 0 Å². The first kappa shape index (κ1) is 20.6. The number of fused-ring (bicyclic) bond motifs is 1. The van der Waals surface area contributed by atoms with Crippen LogP contribution in [0.25, 0.3) is 10.8 Å². The van der Waals surface area contributed by atoms with Gasteiger partial charge in [0.05, 0.1) is 10.3 Å². The molecule has 1 heterocycles. The number of nitrogens with one attached hydrogen (secondary N) is 1. The summed E-state index contributed by atoms with van der Waals surface area (Å²) in [5.41, 5.74) is -0.699. The molecule has 154 valence electrons. The van der Waals surface area contributed by atoms with Gasteiger partial charge in [-0.2, -0.15) is 5.10 Å². The van der Waals surface area contributed by atoms with E-state index < -0.39 is 23.4 Å². The number of hydrogen-bond acceptors (Lipinski definition) is 7. The summed E-state index contributed by atoms with van der Waals surface area (Å²) < 4.78 is 6.23. The van der Waals surface area contributed by atoms with E-state index in [9.17, 15) is 24.5 Å². The Labute approximate surface area is 170 Å². The van der Waals surface area contributed by atoms with Gasteiger partial charge < -0.3 is 10.1 Å². The number of anilines is 1. The SMILES string of the molecule is CCCn1nc(C(=O)OCC(=O)Nc2ccccc2[N+](=O)[O-])c2ccccc2c1=O. The van der Waals surface area contributed by atoms with Crippen LogP contribution in [-0.4, -0.2) is 33.2 Å². The first-order chi connectivity index (χ1) is 14.4. The van der Waals surface area contributed by atoms with Crippen LogP contribution in [0.5, 0.6) is 0 Å². The zero-order chi connectivity index (χ0) is 21.7. The lowest BCUT2D eigenvalue weighted by Crippen LogP contribution is -2.27. The van der Waals surface area contributed by atoms with Crippen molar-refractivity contribution in [2.24, 2.45) is 0 Å². The van der Waals surface area contributed by atoms with Gasteiger partial charge in [0.15, 0.2) is 12.3 Å². The average Bonchev–Trinajstić information content (AvgIpc) is 2.74. The third-order valence-corrected chi connectivity index (χ3v) is 4.21. The molecule has 0 aliphatic heterocycles. The second-order valence-electron chi connectivity index (χ2n) is 6.32. The number of para-hydroxylation sites is 2. The molecule has 10 nitrogen and oxygen atoms in total. The maximum atomic E-state index is 12.6. The minimum absolute atomic E-state index is 0.0105. The fraction of sp³-hybridized carbons (Fsp3) is 0.200. The number of hydrogen-bond donors (Lipinski definition) is 1. The summed E-state index contributed by atoms with van der Waals surface area (Å²) in [7, 11) is 0. The van der Waals surface area contributed by atoms with Crippen LogP contribution in [0.2, 0.25) is 0 Å². The van der Waals surface area contributed by atoms with E-state index in [2.05, 4.69) is 10.4 Å². The normalized spacial score (nSPS) is 10.6. The van der Waals surface area contributed by atoms with Crippen LogP contribution in [0.1, 0.15) is 23.8 Å². The number of benzene rings is 2. The molecule has 0 unspecified atom stereocenters. The quantitative estimate of drug-likeness (QED) is 0.359. The van der Waals surface area contributed by atoms with Crippen LogP contribution in [0.15, 0.2) is 53.3 Å². The zero-order valence-electron chi connectivity index (χ0n) is 16.0. The number of nitrogens with zero attached hydrogens (tertiary/aromatic N) is 3. The molecule has 0 radical (unpaired) electrons. The van der Waals surface area contributed by atoms with Gasteiger partial charge in [0, 0.05) is 18.0 Å². The third kappa shape index (κ3) is 4.32. The highest BCUT2D eigenvalue weighted by molar-refractivity contribution is 6.03. The molecule has 2 aromatic carbocycles. The van der Waals surface area contributed by atoms with Crippen molar-refractivity contribution in [3.63, 3.8) is 0 Å². The van der Waals surface area contributed by atoms with E-state index in [1.807, 2.05) is 6.92 Å². The number of nitro groups is 1. The zero-order valence-corrected chi connectivity index (χ0v) is 16.0. The summed E-state index contributed by atoms with van der Waals surface area (Å²) in [6.45, 7) is 1.52.